The van der Waals surface area contributed by atoms with Crippen LogP contribution in [0.2, 0.25) is 0 Å². The van der Waals surface area contributed by atoms with Crippen LogP contribution in [0.5, 0.6) is 0 Å². The Bertz CT molecular complexity index is 353. The van der Waals surface area contributed by atoms with Gasteiger partial charge in [-0.05, 0) is 36.6 Å². The summed E-state index contributed by atoms with van der Waals surface area (Å²) in [5.74, 6) is 6.68. The summed E-state index contributed by atoms with van der Waals surface area (Å²) in [6, 6.07) is 7.11. The van der Waals surface area contributed by atoms with Crippen LogP contribution in [0.4, 0.5) is 4.39 Å². The van der Waals surface area contributed by atoms with Gasteiger partial charge < -0.3 is 0 Å². The van der Waals surface area contributed by atoms with Crippen molar-refractivity contribution in [2.24, 2.45) is 5.84 Å². The molecule has 94 valence electrons. The average Bonchev–Trinajstić information content (AvgIpc) is 2.39. The standard InChI is InChI=1S/C13H19FN2S/c14-11-6-2-1-5-10(11)9-12(16-15)13-7-3-4-8-17-13/h1-2,5-6,12-13,16H,3-4,7-9,15H2. The summed E-state index contributed by atoms with van der Waals surface area (Å²) in [4.78, 5) is 0. The Hall–Kier alpha value is -0.580. The van der Waals surface area contributed by atoms with Crippen molar-refractivity contribution >= 4 is 11.8 Å². The van der Waals surface area contributed by atoms with E-state index in [-0.39, 0.29) is 11.9 Å². The highest BCUT2D eigenvalue weighted by molar-refractivity contribution is 8.00. The van der Waals surface area contributed by atoms with Gasteiger partial charge in [0, 0.05) is 11.3 Å². The van der Waals surface area contributed by atoms with Gasteiger partial charge in [-0.3, -0.25) is 11.3 Å². The molecule has 1 aliphatic heterocycles. The lowest BCUT2D eigenvalue weighted by molar-refractivity contribution is 0.463. The zero-order valence-electron chi connectivity index (χ0n) is 9.86. The third-order valence-corrected chi connectivity index (χ3v) is 4.79. The van der Waals surface area contributed by atoms with Crippen LogP contribution in [-0.4, -0.2) is 17.0 Å². The molecule has 0 amide bonds. The summed E-state index contributed by atoms with van der Waals surface area (Å²) < 4.78 is 13.6. The van der Waals surface area contributed by atoms with Crippen molar-refractivity contribution < 1.29 is 4.39 Å². The van der Waals surface area contributed by atoms with Crippen LogP contribution >= 0.6 is 11.8 Å². The smallest absolute Gasteiger partial charge is 0.126 e. The molecule has 0 saturated carbocycles. The molecule has 0 aliphatic carbocycles. The van der Waals surface area contributed by atoms with Gasteiger partial charge >= 0.3 is 0 Å². The maximum Gasteiger partial charge on any atom is 0.126 e. The van der Waals surface area contributed by atoms with Crippen molar-refractivity contribution in [3.05, 3.63) is 35.6 Å². The third kappa shape index (κ3) is 3.44. The molecule has 2 rings (SSSR count). The monoisotopic (exact) mass is 254 g/mol. The summed E-state index contributed by atoms with van der Waals surface area (Å²) in [6.07, 6.45) is 4.39. The van der Waals surface area contributed by atoms with Gasteiger partial charge in [0.15, 0.2) is 0 Å². The van der Waals surface area contributed by atoms with Crippen LogP contribution in [0, 0.1) is 5.82 Å². The Balaban J connectivity index is 2.01. The van der Waals surface area contributed by atoms with Crippen LogP contribution < -0.4 is 11.3 Å². The van der Waals surface area contributed by atoms with Gasteiger partial charge in [0.05, 0.1) is 0 Å². The van der Waals surface area contributed by atoms with E-state index in [0.29, 0.717) is 11.7 Å². The minimum absolute atomic E-state index is 0.131. The zero-order valence-corrected chi connectivity index (χ0v) is 10.7. The number of benzene rings is 1. The van der Waals surface area contributed by atoms with E-state index in [1.54, 1.807) is 6.07 Å². The molecular weight excluding hydrogens is 235 g/mol. The fourth-order valence-electron chi connectivity index (χ4n) is 2.28. The second-order valence-corrected chi connectivity index (χ2v) is 5.82. The number of halogens is 1. The lowest BCUT2D eigenvalue weighted by atomic mass is 10.00. The van der Waals surface area contributed by atoms with E-state index in [2.05, 4.69) is 5.43 Å². The van der Waals surface area contributed by atoms with Crippen LogP contribution in [0.3, 0.4) is 0 Å². The molecule has 1 heterocycles. The van der Waals surface area contributed by atoms with Gasteiger partial charge in [-0.1, -0.05) is 24.6 Å². The van der Waals surface area contributed by atoms with E-state index < -0.39 is 0 Å². The van der Waals surface area contributed by atoms with Gasteiger partial charge in [-0.15, -0.1) is 0 Å². The molecule has 1 aromatic carbocycles. The first-order valence-corrected chi connectivity index (χ1v) is 7.17. The van der Waals surface area contributed by atoms with Gasteiger partial charge in [0.1, 0.15) is 5.82 Å². The van der Waals surface area contributed by atoms with Crippen molar-refractivity contribution in [3.8, 4) is 0 Å². The number of rotatable bonds is 4. The maximum atomic E-state index is 13.6. The first kappa shape index (κ1) is 12.9. The van der Waals surface area contributed by atoms with Gasteiger partial charge in [-0.25, -0.2) is 4.39 Å². The number of nitrogens with two attached hydrogens (primary N) is 1. The Kier molecular flexibility index (Phi) is 4.83. The van der Waals surface area contributed by atoms with E-state index in [1.807, 2.05) is 23.9 Å². The summed E-state index contributed by atoms with van der Waals surface area (Å²) >= 11 is 1.96. The van der Waals surface area contributed by atoms with E-state index in [0.717, 1.165) is 5.56 Å². The second-order valence-electron chi connectivity index (χ2n) is 4.47. The Morgan fingerprint density at radius 1 is 1.41 bits per heavy atom. The molecule has 0 spiro atoms. The minimum Gasteiger partial charge on any atom is -0.271 e. The molecular formula is C13H19FN2S. The van der Waals surface area contributed by atoms with Crippen LogP contribution in [0.1, 0.15) is 24.8 Å². The van der Waals surface area contributed by atoms with E-state index in [1.165, 1.54) is 31.1 Å². The zero-order chi connectivity index (χ0) is 12.1. The molecule has 1 aromatic rings. The molecule has 17 heavy (non-hydrogen) atoms. The molecule has 2 atom stereocenters. The first-order valence-electron chi connectivity index (χ1n) is 6.12. The topological polar surface area (TPSA) is 38.0 Å². The summed E-state index contributed by atoms with van der Waals surface area (Å²) in [5.41, 5.74) is 3.61. The van der Waals surface area contributed by atoms with Gasteiger partial charge in [0.25, 0.3) is 0 Å². The number of thioether (sulfide) groups is 1. The van der Waals surface area contributed by atoms with Crippen LogP contribution in [0.25, 0.3) is 0 Å². The molecule has 0 radical (unpaired) electrons. The number of hydrogen-bond donors (Lipinski definition) is 2. The number of hydrazine groups is 1. The van der Waals surface area contributed by atoms with Crippen LogP contribution in [-0.2, 0) is 6.42 Å². The van der Waals surface area contributed by atoms with Crippen LogP contribution in [0.15, 0.2) is 24.3 Å². The van der Waals surface area contributed by atoms with Crippen molar-refractivity contribution in [3.63, 3.8) is 0 Å². The molecule has 1 fully saturated rings. The number of nitrogens with one attached hydrogen (secondary N) is 1. The first-order chi connectivity index (χ1) is 8.31. The van der Waals surface area contributed by atoms with E-state index >= 15 is 0 Å². The largest absolute Gasteiger partial charge is 0.271 e. The fourth-order valence-corrected chi connectivity index (χ4v) is 3.70. The Morgan fingerprint density at radius 2 is 2.24 bits per heavy atom. The number of hydrogen-bond acceptors (Lipinski definition) is 3. The highest BCUT2D eigenvalue weighted by atomic mass is 32.2. The lowest BCUT2D eigenvalue weighted by Gasteiger charge is -2.29. The molecule has 1 saturated heterocycles. The molecule has 0 bridgehead atoms. The van der Waals surface area contributed by atoms with Crippen molar-refractivity contribution in [2.75, 3.05) is 5.75 Å². The van der Waals surface area contributed by atoms with E-state index in [9.17, 15) is 4.39 Å². The van der Waals surface area contributed by atoms with Crippen molar-refractivity contribution in [2.45, 2.75) is 37.0 Å². The average molecular weight is 254 g/mol. The lowest BCUT2D eigenvalue weighted by Crippen LogP contribution is -2.45. The molecule has 3 N–H and O–H groups in total. The predicted molar refractivity (Wildman–Crippen MR) is 71.3 cm³/mol. The summed E-state index contributed by atoms with van der Waals surface area (Å²) in [5, 5.41) is 0.508. The fraction of sp³-hybridized carbons (Fsp3) is 0.538. The second kappa shape index (κ2) is 6.38. The SMILES string of the molecule is NNC(Cc1ccccc1F)C1CCCCS1. The summed E-state index contributed by atoms with van der Waals surface area (Å²) in [6.45, 7) is 0. The highest BCUT2D eigenvalue weighted by Gasteiger charge is 2.24. The third-order valence-electron chi connectivity index (χ3n) is 3.28. The normalized spacial score (nSPS) is 22.4. The molecule has 2 nitrogen and oxygen atoms in total. The van der Waals surface area contributed by atoms with Crippen molar-refractivity contribution in [1.82, 2.24) is 5.43 Å². The Labute approximate surface area is 106 Å². The quantitative estimate of drug-likeness (QED) is 0.640. The summed E-state index contributed by atoms with van der Waals surface area (Å²) in [7, 11) is 0. The Morgan fingerprint density at radius 3 is 2.88 bits per heavy atom. The van der Waals surface area contributed by atoms with E-state index in [4.69, 9.17) is 5.84 Å². The van der Waals surface area contributed by atoms with Gasteiger partial charge in [-0.2, -0.15) is 11.8 Å². The molecule has 4 heteroatoms. The van der Waals surface area contributed by atoms with Crippen molar-refractivity contribution in [1.29, 1.82) is 0 Å². The molecule has 2 unspecified atom stereocenters. The predicted octanol–water partition coefficient (Wildman–Crippen LogP) is 2.49. The minimum atomic E-state index is -0.131. The molecule has 0 aromatic heterocycles. The molecule has 1 aliphatic rings. The maximum absolute atomic E-state index is 13.6. The van der Waals surface area contributed by atoms with Gasteiger partial charge in [0.2, 0.25) is 0 Å². The highest BCUT2D eigenvalue weighted by Crippen LogP contribution is 2.29.